The van der Waals surface area contributed by atoms with Gasteiger partial charge in [0.25, 0.3) is 11.6 Å². The molecule has 0 saturated carbocycles. The molecule has 0 unspecified atom stereocenters. The normalized spacial score (nSPS) is 13.8. The second-order valence-corrected chi connectivity index (χ2v) is 9.78. The van der Waals surface area contributed by atoms with E-state index in [1.807, 2.05) is 6.07 Å². The highest BCUT2D eigenvalue weighted by molar-refractivity contribution is 7.89. The van der Waals surface area contributed by atoms with Gasteiger partial charge in [0.2, 0.25) is 10.0 Å². The van der Waals surface area contributed by atoms with Crippen molar-refractivity contribution in [3.63, 3.8) is 0 Å². The minimum Gasteiger partial charge on any atom is -0.493 e. The molecule has 0 atom stereocenters. The van der Waals surface area contributed by atoms with E-state index in [2.05, 4.69) is 5.32 Å². The summed E-state index contributed by atoms with van der Waals surface area (Å²) in [6.45, 7) is 2.26. The summed E-state index contributed by atoms with van der Waals surface area (Å²) in [7, 11) is -0.438. The van der Waals surface area contributed by atoms with E-state index in [4.69, 9.17) is 9.47 Å². The van der Waals surface area contributed by atoms with Crippen molar-refractivity contribution in [3.8, 4) is 11.5 Å². The van der Waals surface area contributed by atoms with E-state index in [-0.39, 0.29) is 42.1 Å². The molecule has 0 fully saturated rings. The van der Waals surface area contributed by atoms with Crippen molar-refractivity contribution < 1.29 is 27.6 Å². The Bertz CT molecular complexity index is 1160. The lowest BCUT2D eigenvalue weighted by Crippen LogP contribution is -2.38. The second kappa shape index (κ2) is 10.2. The number of fused-ring (bicyclic) bond motifs is 1. The molecule has 0 aromatic heterocycles. The predicted molar refractivity (Wildman–Crippen MR) is 122 cm³/mol. The molecule has 1 heterocycles. The molecule has 3 rings (SSSR count). The molecule has 33 heavy (non-hydrogen) atoms. The number of hydrogen-bond acceptors (Lipinski definition) is 7. The van der Waals surface area contributed by atoms with Gasteiger partial charge in [-0.05, 0) is 49.1 Å². The Hall–Kier alpha value is -3.18. The minimum atomic E-state index is -3.53. The first kappa shape index (κ1) is 24.5. The lowest BCUT2D eigenvalue weighted by molar-refractivity contribution is -0.385. The van der Waals surface area contributed by atoms with Gasteiger partial charge in [-0.25, -0.2) is 8.42 Å². The topological polar surface area (TPSA) is 128 Å². The van der Waals surface area contributed by atoms with Gasteiger partial charge in [-0.15, -0.1) is 0 Å². The lowest BCUT2D eigenvalue weighted by Gasteiger charge is -2.29. The van der Waals surface area contributed by atoms with Gasteiger partial charge < -0.3 is 14.8 Å². The van der Waals surface area contributed by atoms with Crippen LogP contribution in [0.5, 0.6) is 11.5 Å². The Morgan fingerprint density at radius 3 is 2.48 bits per heavy atom. The van der Waals surface area contributed by atoms with Gasteiger partial charge in [-0.3, -0.25) is 14.9 Å². The van der Waals surface area contributed by atoms with Crippen LogP contribution < -0.4 is 14.8 Å². The molecule has 0 bridgehead atoms. The fourth-order valence-electron chi connectivity index (χ4n) is 3.84. The first-order valence-electron chi connectivity index (χ1n) is 10.4. The molecule has 0 saturated heterocycles. The highest BCUT2D eigenvalue weighted by atomic mass is 32.2. The van der Waals surface area contributed by atoms with Gasteiger partial charge in [-0.2, -0.15) is 4.31 Å². The van der Waals surface area contributed by atoms with E-state index < -0.39 is 20.9 Å². The fourth-order valence-corrected chi connectivity index (χ4v) is 5.32. The maximum atomic E-state index is 12.8. The molecule has 0 radical (unpaired) electrons. The Labute approximate surface area is 192 Å². The molecule has 11 heteroatoms. The number of nitro groups is 1. The molecular formula is C22H27N3O7S. The van der Waals surface area contributed by atoms with Gasteiger partial charge in [0, 0.05) is 36.8 Å². The maximum absolute atomic E-state index is 12.8. The van der Waals surface area contributed by atoms with Crippen molar-refractivity contribution in [2.45, 2.75) is 26.3 Å². The Kier molecular flexibility index (Phi) is 7.54. The Morgan fingerprint density at radius 2 is 1.85 bits per heavy atom. The summed E-state index contributed by atoms with van der Waals surface area (Å²) >= 11 is 0. The van der Waals surface area contributed by atoms with E-state index in [9.17, 15) is 23.3 Å². The minimum absolute atomic E-state index is 0.121. The number of carbonyl (C=O) groups excluding carboxylic acids is 1. The lowest BCUT2D eigenvalue weighted by atomic mass is 10.0. The summed E-state index contributed by atoms with van der Waals surface area (Å²) < 4.78 is 37.8. The number of amides is 1. The number of hydrogen-bond donors (Lipinski definition) is 1. The van der Waals surface area contributed by atoms with E-state index in [1.165, 1.54) is 36.5 Å². The first-order valence-corrected chi connectivity index (χ1v) is 12.0. The average Bonchev–Trinajstić information content (AvgIpc) is 2.80. The van der Waals surface area contributed by atoms with Gasteiger partial charge in [0.1, 0.15) is 0 Å². The van der Waals surface area contributed by atoms with Crippen molar-refractivity contribution in [1.29, 1.82) is 0 Å². The first-order chi connectivity index (χ1) is 15.7. The number of rotatable bonds is 9. The van der Waals surface area contributed by atoms with Crippen LogP contribution in [0.4, 0.5) is 5.69 Å². The van der Waals surface area contributed by atoms with Crippen LogP contribution in [0.2, 0.25) is 0 Å². The number of nitrogens with zero attached hydrogens (tertiary/aromatic N) is 2. The van der Waals surface area contributed by atoms with E-state index in [0.29, 0.717) is 24.5 Å². The van der Waals surface area contributed by atoms with E-state index >= 15 is 0 Å². The number of carbonyl (C=O) groups is 1. The predicted octanol–water partition coefficient (Wildman–Crippen LogP) is 2.43. The molecule has 1 aliphatic rings. The molecule has 0 spiro atoms. The number of nitro benzene ring substituents is 1. The largest absolute Gasteiger partial charge is 0.493 e. The van der Waals surface area contributed by atoms with Crippen molar-refractivity contribution in [3.05, 3.63) is 62.7 Å². The number of ether oxygens (including phenoxy) is 2. The van der Waals surface area contributed by atoms with Crippen LogP contribution in [0.1, 0.15) is 33.5 Å². The smallest absolute Gasteiger partial charge is 0.273 e. The van der Waals surface area contributed by atoms with Gasteiger partial charge >= 0.3 is 0 Å². The van der Waals surface area contributed by atoms with Crippen LogP contribution in [0, 0.1) is 17.0 Å². The van der Waals surface area contributed by atoms with Crippen LogP contribution in [0.25, 0.3) is 0 Å². The SMILES string of the molecule is COc1cc2c(cc1OC)CN(S(=O)(=O)CCCNC(=O)c1cccc([N+](=O)[O-])c1C)CC2. The quantitative estimate of drug-likeness (QED) is 0.334. The van der Waals surface area contributed by atoms with Crippen LogP contribution >= 0.6 is 0 Å². The molecule has 178 valence electrons. The van der Waals surface area contributed by atoms with Crippen molar-refractivity contribution in [2.75, 3.05) is 33.1 Å². The third-order valence-corrected chi connectivity index (χ3v) is 7.59. The van der Waals surface area contributed by atoms with E-state index in [1.54, 1.807) is 13.2 Å². The highest BCUT2D eigenvalue weighted by Crippen LogP contribution is 2.33. The third kappa shape index (κ3) is 5.42. The molecule has 2 aromatic rings. The molecular weight excluding hydrogens is 450 g/mol. The van der Waals surface area contributed by atoms with E-state index in [0.717, 1.165) is 11.1 Å². The molecule has 1 aliphatic heterocycles. The summed E-state index contributed by atoms with van der Waals surface area (Å²) in [5.41, 5.74) is 2.23. The molecule has 1 amide bonds. The summed E-state index contributed by atoms with van der Waals surface area (Å²) in [5.74, 6) is 0.572. The van der Waals surface area contributed by atoms with Gasteiger partial charge in [0.05, 0.1) is 24.9 Å². The average molecular weight is 478 g/mol. The monoisotopic (exact) mass is 477 g/mol. The summed E-state index contributed by atoms with van der Waals surface area (Å²) in [6, 6.07) is 7.97. The second-order valence-electron chi connectivity index (χ2n) is 7.69. The zero-order valence-electron chi connectivity index (χ0n) is 18.8. The molecule has 1 N–H and O–H groups in total. The molecule has 10 nitrogen and oxygen atoms in total. The van der Waals surface area contributed by atoms with Crippen LogP contribution in [0.15, 0.2) is 30.3 Å². The van der Waals surface area contributed by atoms with Crippen molar-refractivity contribution in [1.82, 2.24) is 9.62 Å². The number of nitrogens with one attached hydrogen (secondary N) is 1. The zero-order valence-corrected chi connectivity index (χ0v) is 19.6. The van der Waals surface area contributed by atoms with Crippen molar-refractivity contribution >= 4 is 21.6 Å². The molecule has 0 aliphatic carbocycles. The number of benzene rings is 2. The van der Waals surface area contributed by atoms with Crippen LogP contribution in [-0.4, -0.2) is 56.6 Å². The Balaban J connectivity index is 1.58. The summed E-state index contributed by atoms with van der Waals surface area (Å²) in [5, 5.41) is 13.7. The van der Waals surface area contributed by atoms with Crippen LogP contribution in [-0.2, 0) is 23.0 Å². The number of methoxy groups -OCH3 is 2. The fraction of sp³-hybridized carbons (Fsp3) is 0.409. The molecule has 2 aromatic carbocycles. The third-order valence-electron chi connectivity index (χ3n) is 5.69. The highest BCUT2D eigenvalue weighted by Gasteiger charge is 2.27. The van der Waals surface area contributed by atoms with Crippen LogP contribution in [0.3, 0.4) is 0 Å². The Morgan fingerprint density at radius 1 is 1.18 bits per heavy atom. The maximum Gasteiger partial charge on any atom is 0.273 e. The van der Waals surface area contributed by atoms with Gasteiger partial charge in [-0.1, -0.05) is 6.07 Å². The zero-order chi connectivity index (χ0) is 24.2. The summed E-state index contributed by atoms with van der Waals surface area (Å²) in [4.78, 5) is 22.9. The standard InChI is InChI=1S/C22H27N3O7S/c1-15-18(6-4-7-19(15)25(27)28)22(26)23-9-5-11-33(29,30)24-10-8-16-12-20(31-2)21(32-3)13-17(16)14-24/h4,6-7,12-13H,5,8-11,14H2,1-3H3,(H,23,26). The summed E-state index contributed by atoms with van der Waals surface area (Å²) in [6.07, 6.45) is 0.787. The van der Waals surface area contributed by atoms with Crippen molar-refractivity contribution in [2.24, 2.45) is 0 Å². The van der Waals surface area contributed by atoms with Gasteiger partial charge in [0.15, 0.2) is 11.5 Å². The number of sulfonamides is 1.